The Kier molecular flexibility index (Phi) is 4.69. The minimum absolute atomic E-state index is 0.200. The molecular weight excluding hydrogens is 458 g/mol. The third-order valence-electron chi connectivity index (χ3n) is 2.17. The molecule has 2 rings (SSSR count). The highest BCUT2D eigenvalue weighted by molar-refractivity contribution is 9.11. The van der Waals surface area contributed by atoms with E-state index in [9.17, 15) is 4.39 Å². The summed E-state index contributed by atoms with van der Waals surface area (Å²) in [4.78, 5) is 0.757. The Balaban J connectivity index is 2.43. The molecule has 0 saturated carbocycles. The molecule has 17 heavy (non-hydrogen) atoms. The molecule has 1 heterocycles. The number of rotatable bonds is 2. The molecule has 0 aliphatic carbocycles. The molecule has 90 valence electrons. The lowest BCUT2D eigenvalue weighted by atomic mass is 10.1. The SMILES string of the molecule is Fc1c(Br)cccc1C(Br)c1cc(Cl)c(Br)s1. The van der Waals surface area contributed by atoms with Crippen LogP contribution in [0.4, 0.5) is 4.39 Å². The Hall–Kier alpha value is 0.580. The van der Waals surface area contributed by atoms with Crippen molar-refractivity contribution in [3.05, 3.63) is 53.8 Å². The van der Waals surface area contributed by atoms with Crippen molar-refractivity contribution in [3.8, 4) is 0 Å². The maximum atomic E-state index is 13.9. The topological polar surface area (TPSA) is 0 Å². The third-order valence-corrected chi connectivity index (χ3v) is 6.61. The van der Waals surface area contributed by atoms with Crippen LogP contribution < -0.4 is 0 Å². The van der Waals surface area contributed by atoms with Crippen molar-refractivity contribution in [1.82, 2.24) is 0 Å². The van der Waals surface area contributed by atoms with E-state index in [0.717, 1.165) is 8.66 Å². The molecule has 0 aliphatic heterocycles. The van der Waals surface area contributed by atoms with E-state index in [0.29, 0.717) is 15.1 Å². The predicted molar refractivity (Wildman–Crippen MR) is 81.9 cm³/mol. The second-order valence-electron chi connectivity index (χ2n) is 3.28. The normalized spacial score (nSPS) is 12.8. The monoisotopic (exact) mass is 460 g/mol. The molecule has 1 unspecified atom stereocenters. The second kappa shape index (κ2) is 5.70. The first-order valence-corrected chi connectivity index (χ1v) is 8.23. The molecule has 1 aromatic carbocycles. The quantitative estimate of drug-likeness (QED) is 0.443. The first kappa shape index (κ1) is 14.0. The molecule has 1 atom stereocenters. The highest BCUT2D eigenvalue weighted by Crippen LogP contribution is 2.42. The summed E-state index contributed by atoms with van der Waals surface area (Å²) in [6, 6.07) is 7.06. The van der Waals surface area contributed by atoms with E-state index in [-0.39, 0.29) is 10.6 Å². The molecule has 0 fully saturated rings. The van der Waals surface area contributed by atoms with Gasteiger partial charge in [-0.15, -0.1) is 11.3 Å². The molecule has 0 nitrogen and oxygen atoms in total. The number of hydrogen-bond donors (Lipinski definition) is 0. The standard InChI is InChI=1S/C11H5Br3ClFS/c12-6-3-1-2-5(10(6)16)9(13)8-4-7(15)11(14)17-8/h1-4,9H. The van der Waals surface area contributed by atoms with Crippen LogP contribution in [0.2, 0.25) is 5.02 Å². The smallest absolute Gasteiger partial charge is 0.142 e. The summed E-state index contributed by atoms with van der Waals surface area (Å²) in [5.41, 5.74) is 0.588. The number of hydrogen-bond acceptors (Lipinski definition) is 1. The Bertz CT molecular complexity index is 536. The molecule has 2 aromatic rings. The van der Waals surface area contributed by atoms with Gasteiger partial charge in [-0.25, -0.2) is 4.39 Å². The van der Waals surface area contributed by atoms with Gasteiger partial charge in [-0.1, -0.05) is 39.7 Å². The van der Waals surface area contributed by atoms with Crippen molar-refractivity contribution in [3.63, 3.8) is 0 Å². The number of halogens is 5. The first-order valence-electron chi connectivity index (χ1n) is 4.53. The average Bonchev–Trinajstić information content (AvgIpc) is 2.62. The van der Waals surface area contributed by atoms with E-state index in [1.165, 1.54) is 11.3 Å². The van der Waals surface area contributed by atoms with Gasteiger partial charge in [0.05, 0.1) is 18.1 Å². The van der Waals surface area contributed by atoms with Gasteiger partial charge in [0.25, 0.3) is 0 Å². The molecular formula is C11H5Br3ClFS. The minimum atomic E-state index is -0.255. The third kappa shape index (κ3) is 2.95. The molecule has 0 spiro atoms. The molecule has 6 heteroatoms. The van der Waals surface area contributed by atoms with Crippen molar-refractivity contribution < 1.29 is 4.39 Å². The summed E-state index contributed by atoms with van der Waals surface area (Å²) >= 11 is 17.5. The lowest BCUT2D eigenvalue weighted by Crippen LogP contribution is -1.94. The van der Waals surface area contributed by atoms with Gasteiger partial charge in [0.2, 0.25) is 0 Å². The van der Waals surface area contributed by atoms with Gasteiger partial charge in [-0.3, -0.25) is 0 Å². The summed E-state index contributed by atoms with van der Waals surface area (Å²) in [6.07, 6.45) is 0. The summed E-state index contributed by atoms with van der Waals surface area (Å²) in [6.45, 7) is 0. The molecule has 0 aliphatic rings. The van der Waals surface area contributed by atoms with Gasteiger partial charge >= 0.3 is 0 Å². The molecule has 0 amide bonds. The highest BCUT2D eigenvalue weighted by Gasteiger charge is 2.19. The molecule has 0 N–H and O–H groups in total. The molecule has 0 bridgehead atoms. The number of thiophene rings is 1. The van der Waals surface area contributed by atoms with Crippen LogP contribution in [0, 0.1) is 5.82 Å². The van der Waals surface area contributed by atoms with Gasteiger partial charge in [0.15, 0.2) is 0 Å². The number of alkyl halides is 1. The van der Waals surface area contributed by atoms with Gasteiger partial charge in [0.1, 0.15) is 5.82 Å². The largest absolute Gasteiger partial charge is 0.205 e. The zero-order chi connectivity index (χ0) is 12.6. The minimum Gasteiger partial charge on any atom is -0.205 e. The van der Waals surface area contributed by atoms with Crippen molar-refractivity contribution in [2.45, 2.75) is 4.83 Å². The Morgan fingerprint density at radius 3 is 2.59 bits per heavy atom. The van der Waals surface area contributed by atoms with Crippen LogP contribution >= 0.6 is 70.7 Å². The Labute approximate surface area is 133 Å². The van der Waals surface area contributed by atoms with Crippen LogP contribution in [0.15, 0.2) is 32.5 Å². The summed E-state index contributed by atoms with van der Waals surface area (Å²) < 4.78 is 15.2. The van der Waals surface area contributed by atoms with Crippen LogP contribution in [0.1, 0.15) is 15.3 Å². The highest BCUT2D eigenvalue weighted by atomic mass is 79.9. The summed E-state index contributed by atoms with van der Waals surface area (Å²) in [5.74, 6) is -0.255. The molecule has 0 saturated heterocycles. The second-order valence-corrected chi connectivity index (χ2v) is 7.85. The fraction of sp³-hybridized carbons (Fsp3) is 0.0909. The first-order chi connectivity index (χ1) is 8.00. The molecule has 1 aromatic heterocycles. The van der Waals surface area contributed by atoms with Crippen LogP contribution in [-0.2, 0) is 0 Å². The van der Waals surface area contributed by atoms with E-state index < -0.39 is 0 Å². The maximum absolute atomic E-state index is 13.9. The van der Waals surface area contributed by atoms with Crippen LogP contribution in [0.25, 0.3) is 0 Å². The maximum Gasteiger partial charge on any atom is 0.142 e. The van der Waals surface area contributed by atoms with E-state index in [1.54, 1.807) is 18.2 Å². The van der Waals surface area contributed by atoms with Crippen LogP contribution in [0.3, 0.4) is 0 Å². The fourth-order valence-electron chi connectivity index (χ4n) is 1.36. The van der Waals surface area contributed by atoms with Crippen molar-refractivity contribution in [2.24, 2.45) is 0 Å². The Morgan fingerprint density at radius 2 is 2.00 bits per heavy atom. The lowest BCUT2D eigenvalue weighted by molar-refractivity contribution is 0.607. The van der Waals surface area contributed by atoms with E-state index in [4.69, 9.17) is 11.6 Å². The summed E-state index contributed by atoms with van der Waals surface area (Å²) in [5, 5.41) is 0.643. The van der Waals surface area contributed by atoms with E-state index in [1.807, 2.05) is 6.07 Å². The zero-order valence-electron chi connectivity index (χ0n) is 8.18. The van der Waals surface area contributed by atoms with Crippen LogP contribution in [-0.4, -0.2) is 0 Å². The fourth-order valence-corrected chi connectivity index (χ4v) is 4.25. The molecule has 0 radical (unpaired) electrons. The average molecular weight is 463 g/mol. The number of benzene rings is 1. The Morgan fingerprint density at radius 1 is 1.29 bits per heavy atom. The van der Waals surface area contributed by atoms with Gasteiger partial charge in [0, 0.05) is 10.4 Å². The van der Waals surface area contributed by atoms with Gasteiger partial charge in [-0.2, -0.15) is 0 Å². The van der Waals surface area contributed by atoms with Crippen molar-refractivity contribution >= 4 is 70.7 Å². The summed E-state index contributed by atoms with van der Waals surface area (Å²) in [7, 11) is 0. The van der Waals surface area contributed by atoms with E-state index >= 15 is 0 Å². The van der Waals surface area contributed by atoms with Gasteiger partial charge < -0.3 is 0 Å². The van der Waals surface area contributed by atoms with Crippen molar-refractivity contribution in [2.75, 3.05) is 0 Å². The van der Waals surface area contributed by atoms with Crippen LogP contribution in [0.5, 0.6) is 0 Å². The van der Waals surface area contributed by atoms with E-state index in [2.05, 4.69) is 47.8 Å². The predicted octanol–water partition coefficient (Wildman–Crippen LogP) is 6.55. The zero-order valence-corrected chi connectivity index (χ0v) is 14.5. The van der Waals surface area contributed by atoms with Crippen molar-refractivity contribution in [1.29, 1.82) is 0 Å². The van der Waals surface area contributed by atoms with Gasteiger partial charge in [-0.05, 0) is 44.0 Å². The lowest BCUT2D eigenvalue weighted by Gasteiger charge is -2.10.